The number of nitrogens with zero attached hydrogens (tertiary/aromatic N) is 2. The lowest BCUT2D eigenvalue weighted by Crippen LogP contribution is -2.48. The molecule has 2 unspecified atom stereocenters. The highest BCUT2D eigenvalue weighted by Crippen LogP contribution is 2.26. The minimum Gasteiger partial charge on any atom is -0.360 e. The van der Waals surface area contributed by atoms with E-state index in [0.717, 1.165) is 43.0 Å². The van der Waals surface area contributed by atoms with E-state index in [4.69, 9.17) is 4.52 Å². The molecular weight excluding hydrogens is 450 g/mol. The van der Waals surface area contributed by atoms with Crippen LogP contribution in [0.1, 0.15) is 19.6 Å². The number of rotatable bonds is 8. The fourth-order valence-corrected chi connectivity index (χ4v) is 4.65. The minimum atomic E-state index is -4.73. The predicted octanol–water partition coefficient (Wildman–Crippen LogP) is 1.06. The summed E-state index contributed by atoms with van der Waals surface area (Å²) in [6.07, 6.45) is 0. The van der Waals surface area contributed by atoms with Crippen LogP contribution in [0, 0.1) is 6.92 Å². The number of hydrogen-bond acceptors (Lipinski definition) is 9. The van der Waals surface area contributed by atoms with Gasteiger partial charge in [-0.25, -0.2) is 8.42 Å². The first-order chi connectivity index (χ1) is 13.1. The molecule has 0 spiro atoms. The zero-order valence-corrected chi connectivity index (χ0v) is 17.9. The van der Waals surface area contributed by atoms with Gasteiger partial charge in [-0.05, 0) is 45.0 Å². The molecule has 29 heavy (non-hydrogen) atoms. The van der Waals surface area contributed by atoms with Crippen molar-refractivity contribution in [1.82, 2.24) is 5.16 Å². The highest BCUT2D eigenvalue weighted by atomic mass is 32.2. The van der Waals surface area contributed by atoms with Gasteiger partial charge in [-0.3, -0.25) is 13.8 Å². The molecule has 0 aliphatic heterocycles. The molecule has 0 saturated carbocycles. The SMILES string of the molecule is Cc1cc(NS(=O)(=O)c2ccc(N(C(C)S(=O)(=O)O)C(C)S(=O)(=O)O)cc2)no1. The molecule has 12 nitrogen and oxygen atoms in total. The fraction of sp³-hybridized carbons (Fsp3) is 0.357. The molecule has 0 bridgehead atoms. The van der Waals surface area contributed by atoms with Gasteiger partial charge in [0.05, 0.1) is 4.90 Å². The molecule has 0 aliphatic rings. The van der Waals surface area contributed by atoms with Gasteiger partial charge < -0.3 is 9.42 Å². The highest BCUT2D eigenvalue weighted by Gasteiger charge is 2.35. The van der Waals surface area contributed by atoms with Gasteiger partial charge in [0.2, 0.25) is 0 Å². The predicted molar refractivity (Wildman–Crippen MR) is 103 cm³/mol. The molecule has 2 rings (SSSR count). The van der Waals surface area contributed by atoms with Gasteiger partial charge in [0.1, 0.15) is 5.76 Å². The fourth-order valence-electron chi connectivity index (χ4n) is 2.41. The Bertz CT molecular complexity index is 1150. The second-order valence-electron chi connectivity index (χ2n) is 6.06. The van der Waals surface area contributed by atoms with Crippen molar-refractivity contribution in [2.24, 2.45) is 0 Å². The van der Waals surface area contributed by atoms with Crippen LogP contribution in [0.5, 0.6) is 0 Å². The van der Waals surface area contributed by atoms with Gasteiger partial charge in [0, 0.05) is 11.8 Å². The van der Waals surface area contributed by atoms with Crippen LogP contribution in [0.4, 0.5) is 11.5 Å². The van der Waals surface area contributed by atoms with Gasteiger partial charge in [-0.15, -0.1) is 0 Å². The molecular formula is C14H19N3O9S3. The molecule has 1 aromatic carbocycles. The molecule has 0 aliphatic carbocycles. The van der Waals surface area contributed by atoms with Crippen LogP contribution in [-0.4, -0.2) is 50.3 Å². The molecule has 0 fully saturated rings. The maximum absolute atomic E-state index is 12.4. The van der Waals surface area contributed by atoms with E-state index in [9.17, 15) is 34.4 Å². The van der Waals surface area contributed by atoms with Gasteiger partial charge in [-0.1, -0.05) is 5.16 Å². The maximum Gasteiger partial charge on any atom is 0.286 e. The minimum absolute atomic E-state index is 0.0480. The summed E-state index contributed by atoms with van der Waals surface area (Å²) in [5.41, 5.74) is -0.0727. The second kappa shape index (κ2) is 7.91. The Labute approximate surface area is 168 Å². The first-order valence-electron chi connectivity index (χ1n) is 7.90. The van der Waals surface area contributed by atoms with E-state index < -0.39 is 41.0 Å². The monoisotopic (exact) mass is 469 g/mol. The number of anilines is 2. The average Bonchev–Trinajstić information content (AvgIpc) is 2.98. The van der Waals surface area contributed by atoms with E-state index in [1.807, 2.05) is 0 Å². The zero-order chi connectivity index (χ0) is 22.2. The maximum atomic E-state index is 12.4. The van der Waals surface area contributed by atoms with Crippen molar-refractivity contribution in [3.8, 4) is 0 Å². The van der Waals surface area contributed by atoms with Crippen molar-refractivity contribution in [2.75, 3.05) is 9.62 Å². The molecule has 3 N–H and O–H groups in total. The quantitative estimate of drug-likeness (QED) is 0.469. The third kappa shape index (κ3) is 5.45. The molecule has 162 valence electrons. The third-order valence-electron chi connectivity index (χ3n) is 3.96. The molecule has 15 heteroatoms. The molecule has 2 aromatic rings. The average molecular weight is 470 g/mol. The molecule has 0 amide bonds. The summed E-state index contributed by atoms with van der Waals surface area (Å²) in [4.78, 5) is 0.482. The molecule has 1 heterocycles. The Kier molecular flexibility index (Phi) is 6.29. The van der Waals surface area contributed by atoms with Gasteiger partial charge in [0.25, 0.3) is 30.3 Å². The smallest absolute Gasteiger partial charge is 0.286 e. The number of aromatic nitrogens is 1. The third-order valence-corrected chi connectivity index (χ3v) is 7.51. The number of aryl methyl sites for hydroxylation is 1. The molecule has 0 radical (unpaired) electrons. The lowest BCUT2D eigenvalue weighted by Gasteiger charge is -2.33. The molecule has 0 saturated heterocycles. The van der Waals surface area contributed by atoms with Crippen molar-refractivity contribution in [3.05, 3.63) is 36.1 Å². The standard InChI is InChI=1S/C14H19N3O9S3/c1-9-8-14(15-26-9)16-27(18,19)13-6-4-12(5-7-13)17(10(2)28(20,21)22)11(3)29(23,24)25/h4-8,10-11H,1-3H3,(H,15,16)(H,20,21,22)(H,23,24,25). The van der Waals surface area contributed by atoms with E-state index in [2.05, 4.69) is 9.88 Å². The van der Waals surface area contributed by atoms with Crippen molar-refractivity contribution in [2.45, 2.75) is 36.4 Å². The molecule has 2 atom stereocenters. The Balaban J connectivity index is 2.42. The van der Waals surface area contributed by atoms with Gasteiger partial charge >= 0.3 is 0 Å². The van der Waals surface area contributed by atoms with Crippen molar-refractivity contribution < 1.29 is 38.9 Å². The summed E-state index contributed by atoms with van der Waals surface area (Å²) in [5.74, 6) is 0.334. The Morgan fingerprint density at radius 3 is 1.83 bits per heavy atom. The van der Waals surface area contributed by atoms with Crippen molar-refractivity contribution in [3.63, 3.8) is 0 Å². The van der Waals surface area contributed by atoms with Crippen LogP contribution in [0.2, 0.25) is 0 Å². The van der Waals surface area contributed by atoms with Crippen molar-refractivity contribution in [1.29, 1.82) is 0 Å². The van der Waals surface area contributed by atoms with Gasteiger partial charge in [0.15, 0.2) is 16.6 Å². The van der Waals surface area contributed by atoms with Crippen LogP contribution in [-0.2, 0) is 30.3 Å². The van der Waals surface area contributed by atoms with E-state index in [-0.39, 0.29) is 16.4 Å². The summed E-state index contributed by atoms with van der Waals surface area (Å²) >= 11 is 0. The van der Waals surface area contributed by atoms with Gasteiger partial charge in [-0.2, -0.15) is 16.8 Å². The number of sulfonamides is 1. The van der Waals surface area contributed by atoms with E-state index in [0.29, 0.717) is 5.76 Å². The van der Waals surface area contributed by atoms with Crippen LogP contribution < -0.4 is 9.62 Å². The summed E-state index contributed by atoms with van der Waals surface area (Å²) in [7, 11) is -13.5. The zero-order valence-electron chi connectivity index (χ0n) is 15.4. The van der Waals surface area contributed by atoms with Crippen molar-refractivity contribution >= 4 is 41.8 Å². The van der Waals surface area contributed by atoms with E-state index in [1.165, 1.54) is 6.07 Å². The number of nitrogens with one attached hydrogen (secondary N) is 1. The number of benzene rings is 1. The van der Waals surface area contributed by atoms with Crippen LogP contribution in [0.15, 0.2) is 39.8 Å². The van der Waals surface area contributed by atoms with Crippen LogP contribution >= 0.6 is 0 Å². The lowest BCUT2D eigenvalue weighted by molar-refractivity contribution is 0.400. The largest absolute Gasteiger partial charge is 0.360 e. The summed E-state index contributed by atoms with van der Waals surface area (Å²) in [6, 6.07) is 5.79. The normalized spacial score (nSPS) is 14.9. The second-order valence-corrected chi connectivity index (χ2v) is 11.2. The Morgan fingerprint density at radius 1 is 0.966 bits per heavy atom. The number of hydrogen-bond donors (Lipinski definition) is 3. The Hall–Kier alpha value is -2.20. The summed E-state index contributed by atoms with van der Waals surface area (Å²) in [5, 5.41) is 0.00677. The first kappa shape index (κ1) is 23.1. The molecule has 1 aromatic heterocycles. The van der Waals surface area contributed by atoms with Crippen LogP contribution in [0.25, 0.3) is 0 Å². The first-order valence-corrected chi connectivity index (χ1v) is 12.4. The summed E-state index contributed by atoms with van der Waals surface area (Å²) < 4.78 is 96.5. The van der Waals surface area contributed by atoms with E-state index in [1.54, 1.807) is 6.92 Å². The van der Waals surface area contributed by atoms with Crippen LogP contribution in [0.3, 0.4) is 0 Å². The topological polar surface area (TPSA) is 184 Å². The lowest BCUT2D eigenvalue weighted by atomic mass is 10.3. The summed E-state index contributed by atoms with van der Waals surface area (Å²) in [6.45, 7) is 3.59. The highest BCUT2D eigenvalue weighted by molar-refractivity contribution is 7.92. The Morgan fingerprint density at radius 2 is 1.45 bits per heavy atom. The van der Waals surface area contributed by atoms with E-state index >= 15 is 0 Å².